The quantitative estimate of drug-likeness (QED) is 0.461. The number of rotatable bonds is 5. The lowest BCUT2D eigenvalue weighted by molar-refractivity contribution is -0.137. The Morgan fingerprint density at radius 2 is 1.90 bits per heavy atom. The Labute approximate surface area is 178 Å². The number of urea groups is 1. The molecule has 0 saturated carbocycles. The van der Waals surface area contributed by atoms with Crippen LogP contribution in [0.3, 0.4) is 0 Å². The van der Waals surface area contributed by atoms with Crippen LogP contribution < -0.4 is 16.0 Å². The summed E-state index contributed by atoms with van der Waals surface area (Å²) in [6.07, 6.45) is -4.66. The van der Waals surface area contributed by atoms with Gasteiger partial charge >= 0.3 is 12.2 Å². The summed E-state index contributed by atoms with van der Waals surface area (Å²) in [7, 11) is 0. The molecule has 1 aliphatic rings. The molecular weight excluding hydrogens is 443 g/mol. The van der Waals surface area contributed by atoms with Gasteiger partial charge in [-0.05, 0) is 37.3 Å². The summed E-state index contributed by atoms with van der Waals surface area (Å²) >= 11 is 6.76. The van der Waals surface area contributed by atoms with Crippen LogP contribution in [0.5, 0.6) is 0 Å². The summed E-state index contributed by atoms with van der Waals surface area (Å²) in [5.41, 5.74) is -2.06. The smallest absolute Gasteiger partial charge is 0.323 e. The van der Waals surface area contributed by atoms with Crippen LogP contribution in [0.1, 0.15) is 22.8 Å². The first kappa shape index (κ1) is 22.0. The number of hydrogen-bond acceptors (Lipinski definition) is 4. The van der Waals surface area contributed by atoms with Crippen LogP contribution in [-0.2, 0) is 11.0 Å². The highest BCUT2D eigenvalue weighted by molar-refractivity contribution is 7.99. The van der Waals surface area contributed by atoms with Gasteiger partial charge in [-0.25, -0.2) is 4.79 Å². The van der Waals surface area contributed by atoms with Crippen LogP contribution in [0.25, 0.3) is 0 Å². The van der Waals surface area contributed by atoms with Crippen molar-refractivity contribution in [3.63, 3.8) is 0 Å². The summed E-state index contributed by atoms with van der Waals surface area (Å²) in [5, 5.41) is 6.64. The summed E-state index contributed by atoms with van der Waals surface area (Å²) < 4.78 is 39.1. The van der Waals surface area contributed by atoms with Crippen molar-refractivity contribution in [2.24, 2.45) is 0 Å². The third kappa shape index (κ3) is 4.71. The van der Waals surface area contributed by atoms with Crippen LogP contribution in [0.2, 0.25) is 5.02 Å². The van der Waals surface area contributed by atoms with Crippen LogP contribution in [0.15, 0.2) is 47.4 Å². The maximum atomic E-state index is 13.0. The molecule has 30 heavy (non-hydrogen) atoms. The molecule has 158 valence electrons. The van der Waals surface area contributed by atoms with E-state index >= 15 is 0 Å². The molecular formula is C19H15ClF3N3O3S. The Morgan fingerprint density at radius 1 is 1.20 bits per heavy atom. The average molecular weight is 458 g/mol. The summed E-state index contributed by atoms with van der Waals surface area (Å²) in [5.74, 6) is -0.963. The average Bonchev–Trinajstić information content (AvgIpc) is 2.93. The molecule has 2 aromatic carbocycles. The predicted octanol–water partition coefficient (Wildman–Crippen LogP) is 4.30. The molecule has 0 aliphatic carbocycles. The van der Waals surface area contributed by atoms with Crippen molar-refractivity contribution in [1.29, 1.82) is 0 Å². The van der Waals surface area contributed by atoms with Crippen LogP contribution in [0.4, 0.5) is 23.7 Å². The zero-order valence-electron chi connectivity index (χ0n) is 15.4. The number of benzene rings is 2. The van der Waals surface area contributed by atoms with Gasteiger partial charge in [0.15, 0.2) is 0 Å². The zero-order valence-corrected chi connectivity index (χ0v) is 17.0. The third-order valence-electron chi connectivity index (χ3n) is 4.30. The highest BCUT2D eigenvalue weighted by atomic mass is 35.5. The summed E-state index contributed by atoms with van der Waals surface area (Å²) in [6.45, 7) is 1.55. The van der Waals surface area contributed by atoms with Crippen LogP contribution in [0, 0.1) is 0 Å². The second kappa shape index (κ2) is 8.19. The number of anilines is 1. The number of imide groups is 1. The van der Waals surface area contributed by atoms with Gasteiger partial charge in [-0.3, -0.25) is 14.9 Å². The van der Waals surface area contributed by atoms with Crippen molar-refractivity contribution >= 4 is 46.9 Å². The summed E-state index contributed by atoms with van der Waals surface area (Å²) in [4.78, 5) is 36.5. The molecule has 0 spiro atoms. The molecule has 1 saturated heterocycles. The number of carbonyl (C=O) groups excluding carboxylic acids is 3. The number of alkyl halides is 3. The van der Waals surface area contributed by atoms with E-state index in [9.17, 15) is 27.6 Å². The molecule has 1 atom stereocenters. The Kier molecular flexibility index (Phi) is 6.00. The number of halogens is 4. The Morgan fingerprint density at radius 3 is 2.53 bits per heavy atom. The van der Waals surface area contributed by atoms with Crippen molar-refractivity contribution in [1.82, 2.24) is 10.6 Å². The molecule has 6 nitrogen and oxygen atoms in total. The zero-order chi connectivity index (χ0) is 22.1. The normalized spacial score (nSPS) is 18.7. The number of thioether (sulfide) groups is 1. The fraction of sp³-hybridized carbons (Fsp3) is 0.211. The van der Waals surface area contributed by atoms with Crippen molar-refractivity contribution in [3.8, 4) is 0 Å². The number of hydrogen-bond donors (Lipinski definition) is 3. The molecule has 1 fully saturated rings. The van der Waals surface area contributed by atoms with Gasteiger partial charge in [0.25, 0.3) is 11.8 Å². The lowest BCUT2D eigenvalue weighted by Gasteiger charge is -2.20. The minimum Gasteiger partial charge on any atom is -0.323 e. The standard InChI is InChI=1S/C19H15ClF3N3O3S/c1-18(16(28)25-17(29)26-18)9-30-14-5-3-2-4-11(14)15(27)24-10-6-7-13(20)12(8-10)19(21,22)23/h2-8H,9H2,1H3,(H,24,27)(H2,25,26,28,29). The topological polar surface area (TPSA) is 87.3 Å². The lowest BCUT2D eigenvalue weighted by Crippen LogP contribution is -2.46. The van der Waals surface area contributed by atoms with Gasteiger partial charge in [-0.15, -0.1) is 11.8 Å². The number of nitrogens with one attached hydrogen (secondary N) is 3. The molecule has 0 radical (unpaired) electrons. The fourth-order valence-electron chi connectivity index (χ4n) is 2.70. The van der Waals surface area contributed by atoms with E-state index in [-0.39, 0.29) is 17.0 Å². The molecule has 3 rings (SSSR count). The first-order valence-corrected chi connectivity index (χ1v) is 9.89. The van der Waals surface area contributed by atoms with Gasteiger partial charge in [0, 0.05) is 16.3 Å². The van der Waals surface area contributed by atoms with Gasteiger partial charge in [0.1, 0.15) is 5.54 Å². The van der Waals surface area contributed by atoms with E-state index < -0.39 is 40.1 Å². The molecule has 1 unspecified atom stereocenters. The van der Waals surface area contributed by atoms with Gasteiger partial charge in [-0.1, -0.05) is 23.7 Å². The molecule has 0 bridgehead atoms. The fourth-order valence-corrected chi connectivity index (χ4v) is 4.07. The maximum absolute atomic E-state index is 13.0. The third-order valence-corrected chi connectivity index (χ3v) is 6.01. The van der Waals surface area contributed by atoms with Crippen molar-refractivity contribution in [2.45, 2.75) is 23.5 Å². The summed E-state index contributed by atoms with van der Waals surface area (Å²) in [6, 6.07) is 8.92. The van der Waals surface area contributed by atoms with E-state index in [4.69, 9.17) is 11.6 Å². The first-order valence-electron chi connectivity index (χ1n) is 8.53. The molecule has 11 heteroatoms. The SMILES string of the molecule is CC1(CSc2ccccc2C(=O)Nc2ccc(Cl)c(C(F)(F)F)c2)NC(=O)NC1=O. The monoisotopic (exact) mass is 457 g/mol. The molecule has 1 heterocycles. The van der Waals surface area contributed by atoms with E-state index in [1.165, 1.54) is 12.1 Å². The number of amides is 4. The van der Waals surface area contributed by atoms with E-state index in [1.807, 2.05) is 0 Å². The second-order valence-corrected chi connectivity index (χ2v) is 8.10. The Balaban J connectivity index is 1.78. The van der Waals surface area contributed by atoms with Crippen LogP contribution >= 0.6 is 23.4 Å². The Hall–Kier alpha value is -2.72. The van der Waals surface area contributed by atoms with Crippen LogP contribution in [-0.4, -0.2) is 29.1 Å². The van der Waals surface area contributed by atoms with E-state index in [2.05, 4.69) is 16.0 Å². The lowest BCUT2D eigenvalue weighted by atomic mass is 10.1. The molecule has 1 aliphatic heterocycles. The van der Waals surface area contributed by atoms with E-state index in [1.54, 1.807) is 25.1 Å². The molecule has 4 amide bonds. The molecule has 2 aromatic rings. The Bertz CT molecular complexity index is 1030. The van der Waals surface area contributed by atoms with Crippen molar-refractivity contribution in [2.75, 3.05) is 11.1 Å². The van der Waals surface area contributed by atoms with Gasteiger partial charge < -0.3 is 10.6 Å². The predicted molar refractivity (Wildman–Crippen MR) is 107 cm³/mol. The van der Waals surface area contributed by atoms with Gasteiger partial charge in [0.05, 0.1) is 16.1 Å². The second-order valence-electron chi connectivity index (χ2n) is 6.67. The minimum atomic E-state index is -4.66. The van der Waals surface area contributed by atoms with Gasteiger partial charge in [0.2, 0.25) is 0 Å². The molecule has 3 N–H and O–H groups in total. The molecule has 0 aromatic heterocycles. The van der Waals surface area contributed by atoms with E-state index in [0.29, 0.717) is 4.90 Å². The number of carbonyl (C=O) groups is 3. The minimum absolute atomic E-state index is 0.0640. The largest absolute Gasteiger partial charge is 0.417 e. The maximum Gasteiger partial charge on any atom is 0.417 e. The first-order chi connectivity index (χ1) is 14.0. The van der Waals surface area contributed by atoms with Gasteiger partial charge in [-0.2, -0.15) is 13.2 Å². The highest BCUT2D eigenvalue weighted by Gasteiger charge is 2.42. The van der Waals surface area contributed by atoms with E-state index in [0.717, 1.165) is 23.9 Å². The highest BCUT2D eigenvalue weighted by Crippen LogP contribution is 2.36. The van der Waals surface area contributed by atoms with Crippen molar-refractivity contribution in [3.05, 3.63) is 58.6 Å². The van der Waals surface area contributed by atoms with Crippen molar-refractivity contribution < 1.29 is 27.6 Å².